The number of anilines is 2. The van der Waals surface area contributed by atoms with Crippen LogP contribution in [-0.4, -0.2) is 20.4 Å². The Morgan fingerprint density at radius 1 is 1.03 bits per heavy atom. The Labute approximate surface area is 217 Å². The molecule has 1 atom stereocenters. The minimum atomic E-state index is -0.628. The van der Waals surface area contributed by atoms with Gasteiger partial charge in [0, 0.05) is 28.6 Å². The zero-order valence-corrected chi connectivity index (χ0v) is 20.6. The van der Waals surface area contributed by atoms with E-state index in [0.29, 0.717) is 45.6 Å². The van der Waals surface area contributed by atoms with Gasteiger partial charge in [0.15, 0.2) is 0 Å². The normalized spacial score (nSPS) is 14.7. The van der Waals surface area contributed by atoms with E-state index in [0.717, 1.165) is 11.0 Å². The molecule has 1 aliphatic rings. The van der Waals surface area contributed by atoms with E-state index in [-0.39, 0.29) is 11.6 Å². The van der Waals surface area contributed by atoms with Crippen LogP contribution >= 0.6 is 0 Å². The first-order valence-corrected chi connectivity index (χ1v) is 12.1. The van der Waals surface area contributed by atoms with Crippen molar-refractivity contribution in [3.63, 3.8) is 0 Å². The Morgan fingerprint density at radius 2 is 1.79 bits per heavy atom. The van der Waals surface area contributed by atoms with Crippen molar-refractivity contribution in [3.05, 3.63) is 118 Å². The number of benzene rings is 3. The first kappa shape index (κ1) is 23.2. The standard InChI is InChI=1S/C29H23N5O4/c1-17-12-13-19(16-23(17)34(36)37)24-14-15-25(38-24)27-26(28(35)31-20-8-4-3-5-9-20)18(2)30-29-32-21-10-6-7-11-22(21)33(27)29/h3-16,27H,1-2H3,(H,30,32)(H,31,35)/t27-/m1/s1. The summed E-state index contributed by atoms with van der Waals surface area (Å²) in [7, 11) is 0. The van der Waals surface area contributed by atoms with Crippen molar-refractivity contribution in [2.24, 2.45) is 0 Å². The van der Waals surface area contributed by atoms with Crippen molar-refractivity contribution in [1.29, 1.82) is 0 Å². The number of carbonyl (C=O) groups is 1. The van der Waals surface area contributed by atoms with Gasteiger partial charge in [-0.15, -0.1) is 0 Å². The molecule has 9 nitrogen and oxygen atoms in total. The second-order valence-electron chi connectivity index (χ2n) is 9.14. The van der Waals surface area contributed by atoms with Crippen LogP contribution in [0.25, 0.3) is 22.4 Å². The van der Waals surface area contributed by atoms with Crippen molar-refractivity contribution in [3.8, 4) is 11.3 Å². The van der Waals surface area contributed by atoms with Crippen LogP contribution in [0, 0.1) is 17.0 Å². The maximum atomic E-state index is 13.7. The van der Waals surface area contributed by atoms with Gasteiger partial charge < -0.3 is 15.1 Å². The van der Waals surface area contributed by atoms with Crippen LogP contribution in [-0.2, 0) is 4.79 Å². The average molecular weight is 506 g/mol. The predicted octanol–water partition coefficient (Wildman–Crippen LogP) is 6.44. The molecule has 0 bridgehead atoms. The molecular weight excluding hydrogens is 482 g/mol. The SMILES string of the molecule is CC1=C(C(=O)Nc2ccccc2)[C@@H](c2ccc(-c3ccc(C)c([N+](=O)[O-])c3)o2)n2c(nc3ccccc32)N1. The molecule has 6 rings (SSSR count). The summed E-state index contributed by atoms with van der Waals surface area (Å²) in [4.78, 5) is 29.5. The summed E-state index contributed by atoms with van der Waals surface area (Å²) in [5.74, 6) is 1.28. The zero-order chi connectivity index (χ0) is 26.4. The van der Waals surface area contributed by atoms with Gasteiger partial charge in [0.1, 0.15) is 17.6 Å². The van der Waals surface area contributed by atoms with E-state index in [1.807, 2.05) is 66.1 Å². The Bertz CT molecular complexity index is 1750. The minimum absolute atomic E-state index is 0.0175. The van der Waals surface area contributed by atoms with Crippen LogP contribution in [0.4, 0.5) is 17.3 Å². The fraction of sp³-hybridized carbons (Fsp3) is 0.103. The molecule has 1 aliphatic heterocycles. The van der Waals surface area contributed by atoms with Gasteiger partial charge >= 0.3 is 0 Å². The van der Waals surface area contributed by atoms with Gasteiger partial charge in [-0.1, -0.05) is 42.5 Å². The summed E-state index contributed by atoms with van der Waals surface area (Å²) in [5, 5.41) is 17.8. The summed E-state index contributed by atoms with van der Waals surface area (Å²) in [6.45, 7) is 3.53. The summed E-state index contributed by atoms with van der Waals surface area (Å²) >= 11 is 0. The summed E-state index contributed by atoms with van der Waals surface area (Å²) in [6.07, 6.45) is 0. The van der Waals surface area contributed by atoms with Crippen LogP contribution in [0.1, 0.15) is 24.3 Å². The van der Waals surface area contributed by atoms with Crippen molar-refractivity contribution in [2.75, 3.05) is 10.6 Å². The Kier molecular flexibility index (Phi) is 5.53. The number of furan rings is 1. The number of nitrogens with one attached hydrogen (secondary N) is 2. The lowest BCUT2D eigenvalue weighted by atomic mass is 9.99. The monoisotopic (exact) mass is 505 g/mol. The number of carbonyl (C=O) groups excluding carboxylic acids is 1. The summed E-state index contributed by atoms with van der Waals surface area (Å²) in [6, 6.07) is 24.9. The number of rotatable bonds is 5. The second kappa shape index (κ2) is 9.04. The number of aryl methyl sites for hydroxylation is 1. The number of aromatic nitrogens is 2. The quantitative estimate of drug-likeness (QED) is 0.210. The second-order valence-corrected chi connectivity index (χ2v) is 9.14. The van der Waals surface area contributed by atoms with E-state index in [1.54, 1.807) is 31.2 Å². The first-order valence-electron chi connectivity index (χ1n) is 12.1. The smallest absolute Gasteiger partial charge is 0.273 e. The first-order chi connectivity index (χ1) is 18.4. The lowest BCUT2D eigenvalue weighted by Gasteiger charge is -2.29. The Morgan fingerprint density at radius 3 is 2.58 bits per heavy atom. The zero-order valence-electron chi connectivity index (χ0n) is 20.6. The molecule has 3 aromatic carbocycles. The number of hydrogen-bond donors (Lipinski definition) is 2. The molecule has 0 spiro atoms. The van der Waals surface area contributed by atoms with Gasteiger partial charge in [-0.25, -0.2) is 4.98 Å². The third kappa shape index (κ3) is 3.90. The number of imidazole rings is 1. The van der Waals surface area contributed by atoms with E-state index in [4.69, 9.17) is 9.40 Å². The molecule has 3 heterocycles. The molecular formula is C29H23N5O4. The molecule has 0 saturated carbocycles. The van der Waals surface area contributed by atoms with Crippen LogP contribution in [0.15, 0.2) is 101 Å². The van der Waals surface area contributed by atoms with E-state index >= 15 is 0 Å². The van der Waals surface area contributed by atoms with Gasteiger partial charge in [0.05, 0.1) is 21.5 Å². The van der Waals surface area contributed by atoms with E-state index in [2.05, 4.69) is 10.6 Å². The highest BCUT2D eigenvalue weighted by atomic mass is 16.6. The third-order valence-corrected chi connectivity index (χ3v) is 6.69. The van der Waals surface area contributed by atoms with Gasteiger partial charge in [0.25, 0.3) is 11.6 Å². The molecule has 1 amide bonds. The lowest BCUT2D eigenvalue weighted by molar-refractivity contribution is -0.385. The fourth-order valence-corrected chi connectivity index (χ4v) is 4.86. The molecule has 0 radical (unpaired) electrons. The number of para-hydroxylation sites is 3. The topological polar surface area (TPSA) is 115 Å². The Hall–Kier alpha value is -5.18. The number of nitro groups is 1. The molecule has 0 fully saturated rings. The molecule has 0 aliphatic carbocycles. The molecule has 2 N–H and O–H groups in total. The van der Waals surface area contributed by atoms with Gasteiger partial charge in [0.2, 0.25) is 5.95 Å². The van der Waals surface area contributed by atoms with Crippen molar-refractivity contribution in [2.45, 2.75) is 19.9 Å². The van der Waals surface area contributed by atoms with Crippen LogP contribution < -0.4 is 10.6 Å². The maximum Gasteiger partial charge on any atom is 0.273 e. The van der Waals surface area contributed by atoms with Gasteiger partial charge in [-0.05, 0) is 50.2 Å². The van der Waals surface area contributed by atoms with Crippen LogP contribution in [0.5, 0.6) is 0 Å². The molecule has 0 unspecified atom stereocenters. The molecule has 9 heteroatoms. The highest BCUT2D eigenvalue weighted by Crippen LogP contribution is 2.41. The van der Waals surface area contributed by atoms with E-state index in [9.17, 15) is 14.9 Å². The Balaban J connectivity index is 1.49. The van der Waals surface area contributed by atoms with Crippen LogP contribution in [0.3, 0.4) is 0 Å². The van der Waals surface area contributed by atoms with Crippen molar-refractivity contribution >= 4 is 34.3 Å². The highest BCUT2D eigenvalue weighted by molar-refractivity contribution is 6.06. The number of nitro benzene ring substituents is 1. The third-order valence-electron chi connectivity index (χ3n) is 6.69. The lowest BCUT2D eigenvalue weighted by Crippen LogP contribution is -2.30. The van der Waals surface area contributed by atoms with Crippen LogP contribution in [0.2, 0.25) is 0 Å². The molecule has 188 valence electrons. The van der Waals surface area contributed by atoms with Gasteiger partial charge in [-0.3, -0.25) is 19.5 Å². The van der Waals surface area contributed by atoms with Crippen molar-refractivity contribution in [1.82, 2.24) is 9.55 Å². The fourth-order valence-electron chi connectivity index (χ4n) is 4.86. The number of fused-ring (bicyclic) bond motifs is 3. The highest BCUT2D eigenvalue weighted by Gasteiger charge is 2.36. The molecule has 2 aromatic heterocycles. The molecule has 5 aromatic rings. The largest absolute Gasteiger partial charge is 0.458 e. The van der Waals surface area contributed by atoms with E-state index in [1.165, 1.54) is 6.07 Å². The average Bonchev–Trinajstić information content (AvgIpc) is 3.53. The number of amides is 1. The minimum Gasteiger partial charge on any atom is -0.458 e. The number of nitrogens with zero attached hydrogens (tertiary/aromatic N) is 3. The predicted molar refractivity (Wildman–Crippen MR) is 145 cm³/mol. The molecule has 0 saturated heterocycles. The number of hydrogen-bond acceptors (Lipinski definition) is 6. The number of allylic oxidation sites excluding steroid dienone is 1. The molecule has 38 heavy (non-hydrogen) atoms. The summed E-state index contributed by atoms with van der Waals surface area (Å²) < 4.78 is 8.27. The van der Waals surface area contributed by atoms with Gasteiger partial charge in [-0.2, -0.15) is 0 Å². The van der Waals surface area contributed by atoms with Crippen molar-refractivity contribution < 1.29 is 14.1 Å². The maximum absolute atomic E-state index is 13.7. The summed E-state index contributed by atoms with van der Waals surface area (Å²) in [5.41, 5.74) is 4.56. The van der Waals surface area contributed by atoms with E-state index < -0.39 is 11.0 Å².